The van der Waals surface area contributed by atoms with Crippen LogP contribution in [0.15, 0.2) is 36.5 Å². The minimum absolute atomic E-state index is 0. The van der Waals surface area contributed by atoms with E-state index in [0.29, 0.717) is 11.5 Å². The Labute approximate surface area is 149 Å². The lowest BCUT2D eigenvalue weighted by Gasteiger charge is -2.31. The maximum atomic E-state index is 12.8. The molecule has 0 bridgehead atoms. The fourth-order valence-electron chi connectivity index (χ4n) is 3.18. The van der Waals surface area contributed by atoms with Crippen molar-refractivity contribution in [3.63, 3.8) is 0 Å². The monoisotopic (exact) mass is 348 g/mol. The summed E-state index contributed by atoms with van der Waals surface area (Å²) in [5.74, 6) is 0.782. The van der Waals surface area contributed by atoms with Crippen LogP contribution >= 0.6 is 12.4 Å². The second kappa shape index (κ2) is 8.31. The Morgan fingerprint density at radius 2 is 1.92 bits per heavy atom. The summed E-state index contributed by atoms with van der Waals surface area (Å²) in [6.07, 6.45) is 3.99. The SMILES string of the molecule is CNCC1CCN(C(=O)c2cn(-c3ccccc3)nc2C)CC1.Cl. The Hall–Kier alpha value is -1.85. The maximum Gasteiger partial charge on any atom is 0.257 e. The highest BCUT2D eigenvalue weighted by Crippen LogP contribution is 2.20. The van der Waals surface area contributed by atoms with Crippen LogP contribution < -0.4 is 5.32 Å². The van der Waals surface area contributed by atoms with E-state index in [1.54, 1.807) is 4.68 Å². The van der Waals surface area contributed by atoms with Crippen molar-refractivity contribution in [2.75, 3.05) is 26.7 Å². The van der Waals surface area contributed by atoms with Crippen LogP contribution in [-0.2, 0) is 0 Å². The number of hydrogen-bond donors (Lipinski definition) is 1. The Balaban J connectivity index is 0.00000208. The van der Waals surface area contributed by atoms with Crippen LogP contribution in [0.1, 0.15) is 28.9 Å². The highest BCUT2D eigenvalue weighted by atomic mass is 35.5. The van der Waals surface area contributed by atoms with Crippen molar-refractivity contribution >= 4 is 18.3 Å². The van der Waals surface area contributed by atoms with Crippen LogP contribution in [0, 0.1) is 12.8 Å². The molecule has 2 aromatic rings. The van der Waals surface area contributed by atoms with E-state index in [1.807, 2.05) is 55.4 Å². The lowest BCUT2D eigenvalue weighted by Crippen LogP contribution is -2.40. The van der Waals surface area contributed by atoms with E-state index in [-0.39, 0.29) is 18.3 Å². The molecule has 3 rings (SSSR count). The first kappa shape index (κ1) is 18.5. The van der Waals surface area contributed by atoms with Gasteiger partial charge in [0.2, 0.25) is 0 Å². The van der Waals surface area contributed by atoms with Gasteiger partial charge in [-0.3, -0.25) is 4.79 Å². The summed E-state index contributed by atoms with van der Waals surface area (Å²) < 4.78 is 1.79. The topological polar surface area (TPSA) is 50.2 Å². The van der Waals surface area contributed by atoms with Crippen molar-refractivity contribution in [3.8, 4) is 5.69 Å². The van der Waals surface area contributed by atoms with Crippen LogP contribution in [0.25, 0.3) is 5.69 Å². The quantitative estimate of drug-likeness (QED) is 0.924. The first-order valence-electron chi connectivity index (χ1n) is 8.24. The highest BCUT2D eigenvalue weighted by molar-refractivity contribution is 5.95. The van der Waals surface area contributed by atoms with Gasteiger partial charge in [0.25, 0.3) is 5.91 Å². The molecule has 2 heterocycles. The summed E-state index contributed by atoms with van der Waals surface area (Å²) in [5, 5.41) is 7.73. The summed E-state index contributed by atoms with van der Waals surface area (Å²) in [5.41, 5.74) is 2.47. The second-order valence-electron chi connectivity index (χ2n) is 6.20. The number of aryl methyl sites for hydroxylation is 1. The second-order valence-corrected chi connectivity index (χ2v) is 6.20. The summed E-state index contributed by atoms with van der Waals surface area (Å²) in [4.78, 5) is 14.8. The van der Waals surface area contributed by atoms with Gasteiger partial charge in [-0.1, -0.05) is 18.2 Å². The average molecular weight is 349 g/mol. The summed E-state index contributed by atoms with van der Waals surface area (Å²) in [7, 11) is 1.98. The number of rotatable bonds is 4. The number of para-hydroxylation sites is 1. The molecule has 1 aliphatic heterocycles. The molecule has 1 saturated heterocycles. The number of nitrogens with zero attached hydrogens (tertiary/aromatic N) is 3. The van der Waals surface area contributed by atoms with Crippen molar-refractivity contribution < 1.29 is 4.79 Å². The molecule has 1 N–H and O–H groups in total. The standard InChI is InChI=1S/C18H24N4O.ClH/c1-14-17(13-22(20-14)16-6-4-3-5-7-16)18(23)21-10-8-15(9-11-21)12-19-2;/h3-7,13,15,19H,8-12H2,1-2H3;1H. The van der Waals surface area contributed by atoms with Crippen LogP contribution in [0.3, 0.4) is 0 Å². The molecule has 0 aliphatic carbocycles. The average Bonchev–Trinajstić information content (AvgIpc) is 2.98. The van der Waals surface area contributed by atoms with E-state index in [9.17, 15) is 4.79 Å². The Kier molecular flexibility index (Phi) is 6.40. The van der Waals surface area contributed by atoms with Crippen molar-refractivity contribution in [3.05, 3.63) is 47.8 Å². The fourth-order valence-corrected chi connectivity index (χ4v) is 3.18. The molecule has 0 atom stereocenters. The first-order valence-corrected chi connectivity index (χ1v) is 8.24. The zero-order valence-corrected chi connectivity index (χ0v) is 15.1. The molecule has 6 heteroatoms. The molecule has 130 valence electrons. The van der Waals surface area contributed by atoms with Crippen molar-refractivity contribution in [2.24, 2.45) is 5.92 Å². The number of aromatic nitrogens is 2. The third kappa shape index (κ3) is 3.97. The summed E-state index contributed by atoms with van der Waals surface area (Å²) >= 11 is 0. The minimum atomic E-state index is 0. The molecule has 1 aliphatic rings. The molecule has 0 saturated carbocycles. The minimum Gasteiger partial charge on any atom is -0.339 e. The van der Waals surface area contributed by atoms with E-state index in [2.05, 4.69) is 10.4 Å². The van der Waals surface area contributed by atoms with Gasteiger partial charge >= 0.3 is 0 Å². The van der Waals surface area contributed by atoms with Crippen molar-refractivity contribution in [1.29, 1.82) is 0 Å². The Morgan fingerprint density at radius 1 is 1.25 bits per heavy atom. The zero-order chi connectivity index (χ0) is 16.2. The normalized spacial score (nSPS) is 15.2. The molecule has 1 amide bonds. The smallest absolute Gasteiger partial charge is 0.257 e. The number of carbonyl (C=O) groups is 1. The molecule has 1 fully saturated rings. The number of hydrogen-bond acceptors (Lipinski definition) is 3. The number of carbonyl (C=O) groups excluding carboxylic acids is 1. The maximum absolute atomic E-state index is 12.8. The molecule has 0 spiro atoms. The van der Waals surface area contributed by atoms with E-state index in [1.165, 1.54) is 0 Å². The van der Waals surface area contributed by atoms with Gasteiger partial charge in [-0.25, -0.2) is 4.68 Å². The third-order valence-corrected chi connectivity index (χ3v) is 4.54. The lowest BCUT2D eigenvalue weighted by molar-refractivity contribution is 0.0690. The number of likely N-dealkylation sites (tertiary alicyclic amines) is 1. The van der Waals surface area contributed by atoms with Crippen LogP contribution in [0.5, 0.6) is 0 Å². The van der Waals surface area contributed by atoms with Gasteiger partial charge in [0.15, 0.2) is 0 Å². The third-order valence-electron chi connectivity index (χ3n) is 4.54. The lowest BCUT2D eigenvalue weighted by atomic mass is 9.96. The predicted molar refractivity (Wildman–Crippen MR) is 98.1 cm³/mol. The molecule has 24 heavy (non-hydrogen) atoms. The van der Waals surface area contributed by atoms with Gasteiger partial charge in [-0.15, -0.1) is 12.4 Å². The predicted octanol–water partition coefficient (Wildman–Crippen LogP) is 2.67. The van der Waals surface area contributed by atoms with E-state index in [0.717, 1.165) is 43.9 Å². The molecular weight excluding hydrogens is 324 g/mol. The number of piperidine rings is 1. The van der Waals surface area contributed by atoms with E-state index in [4.69, 9.17) is 0 Å². The van der Waals surface area contributed by atoms with E-state index >= 15 is 0 Å². The number of halogens is 1. The van der Waals surface area contributed by atoms with E-state index < -0.39 is 0 Å². The zero-order valence-electron chi connectivity index (χ0n) is 14.2. The molecule has 0 unspecified atom stereocenters. The largest absolute Gasteiger partial charge is 0.339 e. The molecule has 5 nitrogen and oxygen atoms in total. The first-order chi connectivity index (χ1) is 11.2. The molecule has 1 aromatic carbocycles. The van der Waals surface area contributed by atoms with Gasteiger partial charge in [-0.2, -0.15) is 5.10 Å². The van der Waals surface area contributed by atoms with Gasteiger partial charge in [0.05, 0.1) is 16.9 Å². The molecule has 0 radical (unpaired) electrons. The van der Waals surface area contributed by atoms with Crippen LogP contribution in [-0.4, -0.2) is 47.3 Å². The van der Waals surface area contributed by atoms with Crippen molar-refractivity contribution in [2.45, 2.75) is 19.8 Å². The number of benzene rings is 1. The number of nitrogens with one attached hydrogen (secondary N) is 1. The summed E-state index contributed by atoms with van der Waals surface area (Å²) in [6.45, 7) is 4.61. The Morgan fingerprint density at radius 3 is 2.54 bits per heavy atom. The summed E-state index contributed by atoms with van der Waals surface area (Å²) in [6, 6.07) is 9.90. The van der Waals surface area contributed by atoms with Gasteiger partial charge < -0.3 is 10.2 Å². The van der Waals surface area contributed by atoms with Crippen LogP contribution in [0.2, 0.25) is 0 Å². The molecular formula is C18H25ClN4O. The van der Waals surface area contributed by atoms with Crippen molar-refractivity contribution in [1.82, 2.24) is 20.0 Å². The Bertz CT molecular complexity index is 663. The number of amides is 1. The highest BCUT2D eigenvalue weighted by Gasteiger charge is 2.25. The van der Waals surface area contributed by atoms with Gasteiger partial charge in [0, 0.05) is 19.3 Å². The molecule has 1 aromatic heterocycles. The van der Waals surface area contributed by atoms with Gasteiger partial charge in [-0.05, 0) is 51.4 Å². The van der Waals surface area contributed by atoms with Crippen LogP contribution in [0.4, 0.5) is 0 Å². The van der Waals surface area contributed by atoms with Gasteiger partial charge in [0.1, 0.15) is 0 Å². The fraction of sp³-hybridized carbons (Fsp3) is 0.444.